The minimum Gasteiger partial charge on any atom is -0.303 e. The average molecular weight is 195 g/mol. The number of nitrogens with zero attached hydrogens (tertiary/aromatic N) is 1. The van der Waals surface area contributed by atoms with E-state index in [0.29, 0.717) is 11.8 Å². The predicted octanol–water partition coefficient (Wildman–Crippen LogP) is 2.09. The molecule has 0 aliphatic heterocycles. The Morgan fingerprint density at radius 2 is 1.93 bits per heavy atom. The van der Waals surface area contributed by atoms with Crippen LogP contribution < -0.4 is 0 Å². The number of Topliss-reactive ketones (excluding diaryl/α,β-unsaturated/α-hetero) is 1. The Hall–Kier alpha value is -0.370. The van der Waals surface area contributed by atoms with Crippen molar-refractivity contribution in [2.24, 2.45) is 11.8 Å². The van der Waals surface area contributed by atoms with Crippen LogP contribution in [0.15, 0.2) is 0 Å². The van der Waals surface area contributed by atoms with Crippen LogP contribution in [0, 0.1) is 11.8 Å². The van der Waals surface area contributed by atoms with Gasteiger partial charge in [-0.1, -0.05) is 6.92 Å². The zero-order chi connectivity index (χ0) is 10.1. The van der Waals surface area contributed by atoms with Gasteiger partial charge < -0.3 is 4.90 Å². The summed E-state index contributed by atoms with van der Waals surface area (Å²) in [6.45, 7) is 3.59. The molecular formula is C12H21NO. The van der Waals surface area contributed by atoms with Crippen LogP contribution in [0.5, 0.6) is 0 Å². The minimum atomic E-state index is 0.467. The van der Waals surface area contributed by atoms with Crippen LogP contribution in [-0.4, -0.2) is 30.3 Å². The topological polar surface area (TPSA) is 20.3 Å². The Labute approximate surface area is 86.7 Å². The molecule has 2 aliphatic carbocycles. The van der Waals surface area contributed by atoms with Crippen molar-refractivity contribution in [3.8, 4) is 0 Å². The molecule has 0 aromatic carbocycles. The number of hydrogen-bond acceptors (Lipinski definition) is 2. The quantitative estimate of drug-likeness (QED) is 0.687. The summed E-state index contributed by atoms with van der Waals surface area (Å²) in [5.41, 5.74) is 0. The lowest BCUT2D eigenvalue weighted by molar-refractivity contribution is -0.121. The van der Waals surface area contributed by atoms with Crippen molar-refractivity contribution in [1.29, 1.82) is 0 Å². The van der Waals surface area contributed by atoms with E-state index in [4.69, 9.17) is 0 Å². The molecule has 0 bridgehead atoms. The van der Waals surface area contributed by atoms with Crippen LogP contribution in [0.2, 0.25) is 0 Å². The van der Waals surface area contributed by atoms with E-state index in [0.717, 1.165) is 37.5 Å². The van der Waals surface area contributed by atoms with Crippen molar-refractivity contribution in [3.63, 3.8) is 0 Å². The number of hydrogen-bond donors (Lipinski definition) is 0. The Morgan fingerprint density at radius 3 is 2.43 bits per heavy atom. The van der Waals surface area contributed by atoms with Gasteiger partial charge >= 0.3 is 0 Å². The van der Waals surface area contributed by atoms with Crippen molar-refractivity contribution in [1.82, 2.24) is 4.90 Å². The first-order valence-corrected chi connectivity index (χ1v) is 5.88. The van der Waals surface area contributed by atoms with Crippen molar-refractivity contribution in [2.75, 3.05) is 13.6 Å². The summed E-state index contributed by atoms with van der Waals surface area (Å²) in [6.07, 6.45) is 5.23. The monoisotopic (exact) mass is 195 g/mol. The van der Waals surface area contributed by atoms with E-state index < -0.39 is 0 Å². The van der Waals surface area contributed by atoms with Crippen LogP contribution in [0.25, 0.3) is 0 Å². The Morgan fingerprint density at radius 1 is 1.36 bits per heavy atom. The fraction of sp³-hybridized carbons (Fsp3) is 0.917. The van der Waals surface area contributed by atoms with E-state index in [1.807, 2.05) is 0 Å². The number of ketones is 1. The molecule has 0 radical (unpaired) electrons. The Kier molecular flexibility index (Phi) is 2.91. The maximum Gasteiger partial charge on any atom is 0.133 e. The molecular weight excluding hydrogens is 174 g/mol. The van der Waals surface area contributed by atoms with E-state index in [1.54, 1.807) is 0 Å². The molecule has 2 fully saturated rings. The van der Waals surface area contributed by atoms with Crippen molar-refractivity contribution >= 4 is 5.78 Å². The number of carbonyl (C=O) groups is 1. The highest BCUT2D eigenvalue weighted by Crippen LogP contribution is 2.38. The molecule has 2 atom stereocenters. The molecule has 2 rings (SSSR count). The van der Waals surface area contributed by atoms with Crippen LogP contribution in [0.3, 0.4) is 0 Å². The maximum atomic E-state index is 11.1. The first-order chi connectivity index (χ1) is 6.66. The maximum absolute atomic E-state index is 11.1. The highest BCUT2D eigenvalue weighted by molar-refractivity contribution is 5.79. The molecule has 0 spiro atoms. The summed E-state index contributed by atoms with van der Waals surface area (Å²) in [7, 11) is 2.23. The predicted molar refractivity (Wildman–Crippen MR) is 57.2 cm³/mol. The lowest BCUT2D eigenvalue weighted by Crippen LogP contribution is -2.36. The molecule has 2 heteroatoms. The molecule has 14 heavy (non-hydrogen) atoms. The van der Waals surface area contributed by atoms with Gasteiger partial charge in [0.25, 0.3) is 0 Å². The van der Waals surface area contributed by atoms with Crippen molar-refractivity contribution in [3.05, 3.63) is 0 Å². The highest BCUT2D eigenvalue weighted by atomic mass is 16.1. The Balaban J connectivity index is 1.74. The van der Waals surface area contributed by atoms with Gasteiger partial charge in [0.05, 0.1) is 0 Å². The standard InChI is InChI=1S/C12H21NO/c1-9-7-10(9)8-13(2)11-3-5-12(14)6-4-11/h9-11H,3-8H2,1-2H3. The SMILES string of the molecule is CC1CC1CN(C)C1CCC(=O)CC1. The molecule has 0 saturated heterocycles. The van der Waals surface area contributed by atoms with Crippen molar-refractivity contribution < 1.29 is 4.79 Å². The van der Waals surface area contributed by atoms with Crippen LogP contribution in [0.1, 0.15) is 39.0 Å². The van der Waals surface area contributed by atoms with E-state index in [-0.39, 0.29) is 0 Å². The van der Waals surface area contributed by atoms with E-state index in [9.17, 15) is 4.79 Å². The van der Waals surface area contributed by atoms with Crippen LogP contribution >= 0.6 is 0 Å². The second-order valence-corrected chi connectivity index (χ2v) is 5.18. The van der Waals surface area contributed by atoms with Gasteiger partial charge in [0.2, 0.25) is 0 Å². The lowest BCUT2D eigenvalue weighted by atomic mass is 9.93. The summed E-state index contributed by atoms with van der Waals surface area (Å²) in [5, 5.41) is 0. The zero-order valence-corrected chi connectivity index (χ0v) is 9.33. The fourth-order valence-electron chi connectivity index (χ4n) is 2.54. The summed E-state index contributed by atoms with van der Waals surface area (Å²) in [5.74, 6) is 2.36. The second-order valence-electron chi connectivity index (χ2n) is 5.18. The summed E-state index contributed by atoms with van der Waals surface area (Å²) in [4.78, 5) is 13.6. The highest BCUT2D eigenvalue weighted by Gasteiger charge is 2.34. The van der Waals surface area contributed by atoms with Gasteiger partial charge in [0.15, 0.2) is 0 Å². The average Bonchev–Trinajstić information content (AvgIpc) is 2.82. The molecule has 80 valence electrons. The molecule has 0 N–H and O–H groups in total. The third kappa shape index (κ3) is 2.35. The van der Waals surface area contributed by atoms with E-state index >= 15 is 0 Å². The van der Waals surface area contributed by atoms with E-state index in [2.05, 4.69) is 18.9 Å². The molecule has 0 aromatic rings. The van der Waals surface area contributed by atoms with E-state index in [1.165, 1.54) is 13.0 Å². The smallest absolute Gasteiger partial charge is 0.133 e. The second kappa shape index (κ2) is 4.01. The zero-order valence-electron chi connectivity index (χ0n) is 9.33. The normalized spacial score (nSPS) is 33.8. The molecule has 0 heterocycles. The van der Waals surface area contributed by atoms with Gasteiger partial charge in [-0.25, -0.2) is 0 Å². The third-order valence-electron chi connectivity index (χ3n) is 3.93. The van der Waals surface area contributed by atoms with Gasteiger partial charge in [-0.05, 0) is 38.1 Å². The first kappa shape index (κ1) is 10.2. The van der Waals surface area contributed by atoms with Gasteiger partial charge in [-0.15, -0.1) is 0 Å². The van der Waals surface area contributed by atoms with Gasteiger partial charge in [0, 0.05) is 25.4 Å². The van der Waals surface area contributed by atoms with Gasteiger partial charge in [-0.2, -0.15) is 0 Å². The van der Waals surface area contributed by atoms with Crippen LogP contribution in [0.4, 0.5) is 0 Å². The summed E-state index contributed by atoms with van der Waals surface area (Å²) in [6, 6.07) is 0.681. The first-order valence-electron chi connectivity index (χ1n) is 5.88. The molecule has 2 unspecified atom stereocenters. The number of rotatable bonds is 3. The van der Waals surface area contributed by atoms with Gasteiger partial charge in [0.1, 0.15) is 5.78 Å². The number of carbonyl (C=O) groups excluding carboxylic acids is 1. The molecule has 0 amide bonds. The molecule has 2 aliphatic rings. The van der Waals surface area contributed by atoms with Crippen molar-refractivity contribution in [2.45, 2.75) is 45.1 Å². The summed E-state index contributed by atoms with van der Waals surface area (Å²) >= 11 is 0. The minimum absolute atomic E-state index is 0.467. The van der Waals surface area contributed by atoms with Gasteiger partial charge in [-0.3, -0.25) is 4.79 Å². The fourth-order valence-corrected chi connectivity index (χ4v) is 2.54. The van der Waals surface area contributed by atoms with Crippen LogP contribution in [-0.2, 0) is 4.79 Å². The molecule has 2 nitrogen and oxygen atoms in total. The largest absolute Gasteiger partial charge is 0.303 e. The summed E-state index contributed by atoms with van der Waals surface area (Å²) < 4.78 is 0. The Bertz CT molecular complexity index is 216. The third-order valence-corrected chi connectivity index (χ3v) is 3.93. The molecule has 2 saturated carbocycles. The molecule has 0 aromatic heterocycles. The lowest BCUT2D eigenvalue weighted by Gasteiger charge is -2.30.